The first-order valence-corrected chi connectivity index (χ1v) is 7.25. The van der Waals surface area contributed by atoms with Gasteiger partial charge >= 0.3 is 0 Å². The van der Waals surface area contributed by atoms with Crippen LogP contribution in [0.3, 0.4) is 0 Å². The van der Waals surface area contributed by atoms with Crippen LogP contribution in [0.5, 0.6) is 0 Å². The van der Waals surface area contributed by atoms with E-state index in [2.05, 4.69) is 4.72 Å². The highest BCUT2D eigenvalue weighted by molar-refractivity contribution is 7.90. The quantitative estimate of drug-likeness (QED) is 0.747. The molecule has 0 fully saturated rings. The van der Waals surface area contributed by atoms with E-state index in [1.165, 1.54) is 0 Å². The summed E-state index contributed by atoms with van der Waals surface area (Å²) in [5, 5.41) is 16.7. The van der Waals surface area contributed by atoms with Gasteiger partial charge in [0.1, 0.15) is 0 Å². The lowest BCUT2D eigenvalue weighted by Crippen LogP contribution is -2.47. The van der Waals surface area contributed by atoms with Gasteiger partial charge in [0.05, 0.1) is 6.07 Å². The first kappa shape index (κ1) is 16.4. The van der Waals surface area contributed by atoms with E-state index >= 15 is 0 Å². The first-order chi connectivity index (χ1) is 7.69. The Hall–Kier alpha value is -0.640. The van der Waals surface area contributed by atoms with Crippen LogP contribution in [0.25, 0.3) is 0 Å². The van der Waals surface area contributed by atoms with Crippen molar-refractivity contribution in [3.63, 3.8) is 0 Å². The summed E-state index contributed by atoms with van der Waals surface area (Å²) in [5.41, 5.74) is -0.302. The molecular formula is C11H22N2O3S. The molecule has 2 atom stereocenters. The molecule has 17 heavy (non-hydrogen) atoms. The van der Waals surface area contributed by atoms with Gasteiger partial charge in [-0.1, -0.05) is 27.7 Å². The Kier molecular flexibility index (Phi) is 6.10. The Morgan fingerprint density at radius 2 is 1.94 bits per heavy atom. The van der Waals surface area contributed by atoms with Crippen LogP contribution in [0, 0.1) is 16.7 Å². The monoisotopic (exact) mass is 262 g/mol. The van der Waals surface area contributed by atoms with Gasteiger partial charge in [-0.3, -0.25) is 0 Å². The number of nitrogens with one attached hydrogen (secondary N) is 1. The molecular weight excluding hydrogens is 240 g/mol. The number of sulfonamides is 1. The van der Waals surface area contributed by atoms with Crippen molar-refractivity contribution >= 4 is 10.0 Å². The highest BCUT2D eigenvalue weighted by atomic mass is 32.2. The second kappa shape index (κ2) is 6.34. The zero-order valence-corrected chi connectivity index (χ0v) is 11.7. The summed E-state index contributed by atoms with van der Waals surface area (Å²) in [4.78, 5) is 0. The van der Waals surface area contributed by atoms with E-state index in [1.54, 1.807) is 13.0 Å². The van der Waals surface area contributed by atoms with E-state index in [1.807, 2.05) is 20.8 Å². The van der Waals surface area contributed by atoms with Crippen LogP contribution in [0.15, 0.2) is 0 Å². The topological polar surface area (TPSA) is 90.2 Å². The van der Waals surface area contributed by atoms with Gasteiger partial charge in [0.2, 0.25) is 10.0 Å². The zero-order chi connectivity index (χ0) is 13.7. The van der Waals surface area contributed by atoms with Gasteiger partial charge in [0.15, 0.2) is 5.25 Å². The number of hydrogen-bond acceptors (Lipinski definition) is 4. The molecule has 0 aromatic heterocycles. The predicted octanol–water partition coefficient (Wildman–Crippen LogP) is 1.01. The minimum absolute atomic E-state index is 0.0895. The number of aliphatic hydroxyl groups excluding tert-OH is 1. The molecule has 5 nitrogen and oxygen atoms in total. The molecule has 0 amide bonds. The first-order valence-electron chi connectivity index (χ1n) is 5.70. The summed E-state index contributed by atoms with van der Waals surface area (Å²) in [6.45, 7) is 7.24. The van der Waals surface area contributed by atoms with E-state index in [4.69, 9.17) is 10.4 Å². The molecule has 0 aromatic carbocycles. The van der Waals surface area contributed by atoms with Gasteiger partial charge in [-0.25, -0.2) is 13.1 Å². The Bertz CT molecular complexity index is 365. The third-order valence-electron chi connectivity index (χ3n) is 2.66. The average molecular weight is 262 g/mol. The summed E-state index contributed by atoms with van der Waals surface area (Å²) < 4.78 is 26.3. The normalized spacial score (nSPS) is 16.2. The second-order valence-electron chi connectivity index (χ2n) is 5.12. The standard InChI is InChI=1S/C11H22N2O3S/c1-5-9(8-12)17(15,16)13-10(6-7-14)11(2,3)4/h9-10,13-14H,5-7H2,1-4H3. The lowest BCUT2D eigenvalue weighted by Gasteiger charge is -2.31. The summed E-state index contributed by atoms with van der Waals surface area (Å²) in [7, 11) is -3.65. The largest absolute Gasteiger partial charge is 0.396 e. The van der Waals surface area contributed by atoms with Crippen molar-refractivity contribution in [3.8, 4) is 6.07 Å². The van der Waals surface area contributed by atoms with Gasteiger partial charge < -0.3 is 5.11 Å². The van der Waals surface area contributed by atoms with E-state index < -0.39 is 15.3 Å². The van der Waals surface area contributed by atoms with E-state index in [-0.39, 0.29) is 24.5 Å². The molecule has 0 bridgehead atoms. The molecule has 2 N–H and O–H groups in total. The maximum Gasteiger partial charge on any atom is 0.228 e. The minimum atomic E-state index is -3.65. The molecule has 0 aliphatic carbocycles. The predicted molar refractivity (Wildman–Crippen MR) is 66.7 cm³/mol. The Morgan fingerprint density at radius 1 is 1.41 bits per heavy atom. The lowest BCUT2D eigenvalue weighted by atomic mass is 9.86. The summed E-state index contributed by atoms with van der Waals surface area (Å²) >= 11 is 0. The number of aliphatic hydroxyl groups is 1. The van der Waals surface area contributed by atoms with E-state index in [9.17, 15) is 8.42 Å². The fraction of sp³-hybridized carbons (Fsp3) is 0.909. The Labute approximate surface area is 104 Å². The molecule has 0 heterocycles. The van der Waals surface area contributed by atoms with Crippen LogP contribution >= 0.6 is 0 Å². The number of nitriles is 1. The molecule has 0 aliphatic heterocycles. The Balaban J connectivity index is 4.95. The van der Waals surface area contributed by atoms with Crippen molar-refractivity contribution in [2.45, 2.75) is 51.8 Å². The van der Waals surface area contributed by atoms with Crippen molar-refractivity contribution in [2.24, 2.45) is 5.41 Å². The fourth-order valence-electron chi connectivity index (χ4n) is 1.46. The lowest BCUT2D eigenvalue weighted by molar-refractivity contribution is 0.214. The van der Waals surface area contributed by atoms with Crippen LogP contribution < -0.4 is 4.72 Å². The maximum atomic E-state index is 11.9. The molecule has 0 saturated heterocycles. The highest BCUT2D eigenvalue weighted by Crippen LogP contribution is 2.23. The van der Waals surface area contributed by atoms with Crippen molar-refractivity contribution < 1.29 is 13.5 Å². The van der Waals surface area contributed by atoms with Gasteiger partial charge in [-0.15, -0.1) is 0 Å². The molecule has 100 valence electrons. The third-order valence-corrected chi connectivity index (χ3v) is 4.46. The molecule has 0 saturated carbocycles. The van der Waals surface area contributed by atoms with Crippen LogP contribution in [-0.2, 0) is 10.0 Å². The van der Waals surface area contributed by atoms with Crippen molar-refractivity contribution in [3.05, 3.63) is 0 Å². The van der Waals surface area contributed by atoms with Crippen molar-refractivity contribution in [1.29, 1.82) is 5.26 Å². The van der Waals surface area contributed by atoms with Crippen molar-refractivity contribution in [2.75, 3.05) is 6.61 Å². The molecule has 0 rings (SSSR count). The number of hydrogen-bond donors (Lipinski definition) is 2. The molecule has 6 heteroatoms. The Morgan fingerprint density at radius 3 is 2.24 bits per heavy atom. The molecule has 0 aromatic rings. The number of nitrogens with zero attached hydrogens (tertiary/aromatic N) is 1. The fourth-order valence-corrected chi connectivity index (χ4v) is 3.07. The van der Waals surface area contributed by atoms with Gasteiger partial charge in [0, 0.05) is 12.6 Å². The summed E-state index contributed by atoms with van der Waals surface area (Å²) in [6, 6.07) is 1.40. The van der Waals surface area contributed by atoms with Crippen LogP contribution in [0.1, 0.15) is 40.5 Å². The van der Waals surface area contributed by atoms with Crippen LogP contribution in [0.2, 0.25) is 0 Å². The van der Waals surface area contributed by atoms with Crippen molar-refractivity contribution in [1.82, 2.24) is 4.72 Å². The SMILES string of the molecule is CCC(C#N)S(=O)(=O)NC(CCO)C(C)(C)C. The van der Waals surface area contributed by atoms with Gasteiger partial charge in [0.25, 0.3) is 0 Å². The average Bonchev–Trinajstić information content (AvgIpc) is 2.16. The molecule has 2 unspecified atom stereocenters. The highest BCUT2D eigenvalue weighted by Gasteiger charge is 2.32. The van der Waals surface area contributed by atoms with Gasteiger partial charge in [-0.2, -0.15) is 5.26 Å². The zero-order valence-electron chi connectivity index (χ0n) is 10.9. The third kappa shape index (κ3) is 5.02. The molecule has 0 spiro atoms. The summed E-state index contributed by atoms with van der Waals surface area (Å²) in [6.07, 6.45) is 0.590. The van der Waals surface area contributed by atoms with E-state index in [0.29, 0.717) is 6.42 Å². The van der Waals surface area contributed by atoms with Crippen LogP contribution in [-0.4, -0.2) is 31.4 Å². The van der Waals surface area contributed by atoms with Gasteiger partial charge in [-0.05, 0) is 18.3 Å². The molecule has 0 radical (unpaired) electrons. The summed E-state index contributed by atoms with van der Waals surface area (Å²) in [5.74, 6) is 0. The minimum Gasteiger partial charge on any atom is -0.396 e. The van der Waals surface area contributed by atoms with E-state index in [0.717, 1.165) is 0 Å². The molecule has 0 aliphatic rings. The smallest absolute Gasteiger partial charge is 0.228 e. The van der Waals surface area contributed by atoms with Crippen LogP contribution in [0.4, 0.5) is 0 Å². The number of rotatable bonds is 6. The second-order valence-corrected chi connectivity index (χ2v) is 7.01. The maximum absolute atomic E-state index is 11.9.